The molecule has 4 rings (SSSR count). The van der Waals surface area contributed by atoms with Gasteiger partial charge >= 0.3 is 5.97 Å². The van der Waals surface area contributed by atoms with Gasteiger partial charge in [-0.05, 0) is 52.8 Å². The zero-order valence-electron chi connectivity index (χ0n) is 32.2. The van der Waals surface area contributed by atoms with Crippen molar-refractivity contribution >= 4 is 23.7 Å². The minimum atomic E-state index is -1.48. The van der Waals surface area contributed by atoms with Crippen LogP contribution >= 0.6 is 0 Å². The summed E-state index contributed by atoms with van der Waals surface area (Å²) in [6, 6.07) is 19.7. The zero-order valence-corrected chi connectivity index (χ0v) is 32.2. The lowest BCUT2D eigenvalue weighted by Gasteiger charge is -2.23. The normalized spacial score (nSPS) is 12.3. The molecule has 0 fully saturated rings. The lowest BCUT2D eigenvalue weighted by Crippen LogP contribution is -2.53. The fraction of sp³-hybridized carbons (Fsp3) is 0.395. The Hall–Kier alpha value is -5.58. The number of carbonyl (C=O) groups excluding carboxylic acids is 3. The van der Waals surface area contributed by atoms with Crippen LogP contribution in [-0.2, 0) is 26.2 Å². The van der Waals surface area contributed by atoms with Crippen LogP contribution in [0, 0.1) is 0 Å². The summed E-state index contributed by atoms with van der Waals surface area (Å²) in [6.07, 6.45) is 9.11. The highest BCUT2D eigenvalue weighted by atomic mass is 16.5. The molecule has 1 heterocycles. The third-order valence-electron chi connectivity index (χ3n) is 9.14. The van der Waals surface area contributed by atoms with Gasteiger partial charge in [0.1, 0.15) is 17.8 Å². The van der Waals surface area contributed by atoms with Gasteiger partial charge in [0.05, 0.1) is 13.0 Å². The summed E-state index contributed by atoms with van der Waals surface area (Å²) >= 11 is 0. The number of hydrogen-bond donors (Lipinski definition) is 3. The average molecular weight is 736 g/mol. The summed E-state index contributed by atoms with van der Waals surface area (Å²) in [7, 11) is 3.01. The quantitative estimate of drug-likeness (QED) is 0.0940. The van der Waals surface area contributed by atoms with E-state index in [2.05, 4.69) is 48.3 Å². The number of ether oxygens (including phenoxy) is 1. The van der Waals surface area contributed by atoms with E-state index in [9.17, 15) is 24.3 Å². The van der Waals surface area contributed by atoms with Crippen LogP contribution < -0.4 is 15.4 Å². The highest BCUT2D eigenvalue weighted by molar-refractivity contribution is 5.98. The minimum absolute atomic E-state index is 0.0598. The summed E-state index contributed by atoms with van der Waals surface area (Å²) in [6.45, 7) is 9.13. The van der Waals surface area contributed by atoms with Crippen LogP contribution in [0.25, 0.3) is 22.5 Å². The number of nitrogens with zero attached hydrogens (tertiary/aromatic N) is 3. The first-order chi connectivity index (χ1) is 25.7. The molecule has 0 aliphatic rings. The molecule has 0 spiro atoms. The van der Waals surface area contributed by atoms with Gasteiger partial charge < -0.3 is 25.4 Å². The zero-order chi connectivity index (χ0) is 39.3. The maximum absolute atomic E-state index is 13.6. The summed E-state index contributed by atoms with van der Waals surface area (Å²) in [4.78, 5) is 61.7. The molecule has 11 heteroatoms. The van der Waals surface area contributed by atoms with Crippen LogP contribution in [0.3, 0.4) is 0 Å². The van der Waals surface area contributed by atoms with Gasteiger partial charge in [-0.15, -0.1) is 0 Å². The first-order valence-electron chi connectivity index (χ1n) is 18.5. The number of carbonyl (C=O) groups is 4. The van der Waals surface area contributed by atoms with Gasteiger partial charge in [-0.1, -0.05) is 102 Å². The first kappa shape index (κ1) is 41.2. The monoisotopic (exact) mass is 735 g/mol. The summed E-state index contributed by atoms with van der Waals surface area (Å²) in [5, 5.41) is 15.0. The van der Waals surface area contributed by atoms with Crippen molar-refractivity contribution in [1.82, 2.24) is 25.5 Å². The number of aromatic nitrogens is 2. The molecule has 286 valence electrons. The van der Waals surface area contributed by atoms with Crippen molar-refractivity contribution < 1.29 is 29.0 Å². The van der Waals surface area contributed by atoms with Crippen molar-refractivity contribution in [3.05, 3.63) is 102 Å². The second kappa shape index (κ2) is 19.5. The van der Waals surface area contributed by atoms with Crippen molar-refractivity contribution in [2.24, 2.45) is 0 Å². The molecular weight excluding hydrogens is 683 g/mol. The van der Waals surface area contributed by atoms with Crippen LogP contribution in [0.2, 0.25) is 0 Å². The first-order valence-corrected chi connectivity index (χ1v) is 18.5. The van der Waals surface area contributed by atoms with Crippen molar-refractivity contribution in [2.45, 2.75) is 90.1 Å². The SMILES string of the molecule is CCCCCCCOc1ccc(-c2cnc(-c3ccc(C[C@H](NC(=O)c4ccc(C(C)(C)C)cc4)C(=O)N[C@@H](CC(=O)N(C)C)C(=O)O)cc3)nc2)cc1. The molecule has 0 unspecified atom stereocenters. The van der Waals surface area contributed by atoms with Gasteiger partial charge in [0, 0.05) is 49.6 Å². The largest absolute Gasteiger partial charge is 0.494 e. The number of unbranched alkanes of at least 4 members (excludes halogenated alkanes) is 4. The Morgan fingerprint density at radius 3 is 1.94 bits per heavy atom. The van der Waals surface area contributed by atoms with Gasteiger partial charge in [0.2, 0.25) is 11.8 Å². The van der Waals surface area contributed by atoms with Gasteiger partial charge in [-0.3, -0.25) is 14.4 Å². The van der Waals surface area contributed by atoms with Crippen molar-refractivity contribution in [3.8, 4) is 28.3 Å². The number of carboxylic acids is 1. The number of aliphatic carboxylic acids is 1. The van der Waals surface area contributed by atoms with E-state index in [-0.39, 0.29) is 11.8 Å². The number of benzene rings is 3. The molecule has 0 saturated heterocycles. The summed E-state index contributed by atoms with van der Waals surface area (Å²) in [5.41, 5.74) is 4.59. The standard InChI is InChI=1S/C43H53N5O6/c1-7-8-9-10-11-24-54-35-22-18-30(19-23-35)33-27-44-39(45-28-33)31-14-12-29(13-15-31)25-36(41(51)47-37(42(52)53)26-38(49)48(5)6)46-40(50)32-16-20-34(21-17-32)43(2,3)4/h12-23,27-28,36-37H,7-11,24-26H2,1-6H3,(H,46,50)(H,47,51)(H,52,53)/t36-,37-/m0/s1. The van der Waals surface area contributed by atoms with E-state index in [1.165, 1.54) is 44.7 Å². The molecule has 0 bridgehead atoms. The molecule has 4 aromatic rings. The summed E-state index contributed by atoms with van der Waals surface area (Å²) in [5.74, 6) is -1.67. The number of nitrogens with one attached hydrogen (secondary N) is 2. The van der Waals surface area contributed by atoms with Crippen LogP contribution in [0.15, 0.2) is 85.2 Å². The topological polar surface area (TPSA) is 151 Å². The molecule has 3 amide bonds. The third kappa shape index (κ3) is 12.2. The van der Waals surface area contributed by atoms with E-state index >= 15 is 0 Å². The number of hydrogen-bond acceptors (Lipinski definition) is 7. The molecule has 2 atom stereocenters. The minimum Gasteiger partial charge on any atom is -0.494 e. The molecule has 0 radical (unpaired) electrons. The molecule has 0 saturated carbocycles. The van der Waals surface area contributed by atoms with Crippen molar-refractivity contribution in [3.63, 3.8) is 0 Å². The Morgan fingerprint density at radius 1 is 0.759 bits per heavy atom. The second-order valence-electron chi connectivity index (χ2n) is 14.7. The predicted octanol–water partition coefficient (Wildman–Crippen LogP) is 6.85. The maximum atomic E-state index is 13.6. The number of amides is 3. The number of carboxylic acid groups (broad SMARTS) is 1. The van der Waals surface area contributed by atoms with Gasteiger partial charge in [0.15, 0.2) is 5.82 Å². The van der Waals surface area contributed by atoms with E-state index in [4.69, 9.17) is 4.74 Å². The van der Waals surface area contributed by atoms with Crippen LogP contribution in [0.1, 0.15) is 87.7 Å². The predicted molar refractivity (Wildman–Crippen MR) is 210 cm³/mol. The lowest BCUT2D eigenvalue weighted by atomic mass is 9.86. The smallest absolute Gasteiger partial charge is 0.326 e. The molecule has 3 aromatic carbocycles. The van der Waals surface area contributed by atoms with Gasteiger partial charge in [0.25, 0.3) is 5.91 Å². The fourth-order valence-electron chi connectivity index (χ4n) is 5.69. The van der Waals surface area contributed by atoms with E-state index in [0.29, 0.717) is 23.6 Å². The average Bonchev–Trinajstić information content (AvgIpc) is 3.15. The van der Waals surface area contributed by atoms with Gasteiger partial charge in [-0.2, -0.15) is 0 Å². The third-order valence-corrected chi connectivity index (χ3v) is 9.14. The molecule has 11 nitrogen and oxygen atoms in total. The highest BCUT2D eigenvalue weighted by Crippen LogP contribution is 2.25. The molecule has 54 heavy (non-hydrogen) atoms. The fourth-order valence-corrected chi connectivity index (χ4v) is 5.69. The van der Waals surface area contributed by atoms with Crippen molar-refractivity contribution in [1.29, 1.82) is 0 Å². The molecule has 0 aliphatic heterocycles. The van der Waals surface area contributed by atoms with Crippen LogP contribution in [0.4, 0.5) is 0 Å². The molecule has 0 aliphatic carbocycles. The second-order valence-corrected chi connectivity index (χ2v) is 14.7. The van der Waals surface area contributed by atoms with E-state index in [0.717, 1.165) is 34.4 Å². The van der Waals surface area contributed by atoms with E-state index < -0.39 is 42.2 Å². The van der Waals surface area contributed by atoms with Crippen molar-refractivity contribution in [2.75, 3.05) is 20.7 Å². The van der Waals surface area contributed by atoms with E-state index in [1.54, 1.807) is 24.5 Å². The van der Waals surface area contributed by atoms with Crippen LogP contribution in [-0.4, -0.2) is 76.5 Å². The van der Waals surface area contributed by atoms with Gasteiger partial charge in [-0.25, -0.2) is 14.8 Å². The van der Waals surface area contributed by atoms with Crippen LogP contribution in [0.5, 0.6) is 5.75 Å². The maximum Gasteiger partial charge on any atom is 0.326 e. The Bertz CT molecular complexity index is 1830. The summed E-state index contributed by atoms with van der Waals surface area (Å²) < 4.78 is 5.89. The molecule has 1 aromatic heterocycles. The Labute approximate surface area is 318 Å². The number of rotatable bonds is 18. The Morgan fingerprint density at radius 2 is 1.37 bits per heavy atom. The Balaban J connectivity index is 1.45. The molecular formula is C43H53N5O6. The lowest BCUT2D eigenvalue weighted by molar-refractivity contribution is -0.145. The van der Waals surface area contributed by atoms with E-state index in [1.807, 2.05) is 60.7 Å². The highest BCUT2D eigenvalue weighted by Gasteiger charge is 2.29. The Kier molecular flexibility index (Phi) is 14.9. The molecule has 3 N–H and O–H groups in total.